The van der Waals surface area contributed by atoms with Crippen LogP contribution >= 0.6 is 0 Å². The quantitative estimate of drug-likeness (QED) is 0.409. The first kappa shape index (κ1) is 27.9. The maximum absolute atomic E-state index is 9.37. The molecule has 0 radical (unpaired) electrons. The van der Waals surface area contributed by atoms with E-state index in [4.69, 9.17) is 0 Å². The van der Waals surface area contributed by atoms with E-state index in [2.05, 4.69) is 88.5 Å². The molecule has 4 aliphatic carbocycles. The van der Waals surface area contributed by atoms with Gasteiger partial charge in [-0.2, -0.15) is 0 Å². The smallest absolute Gasteiger partial charge is 0.123 e. The number of rotatable bonds is 0. The molecule has 1 heteroatoms. The van der Waals surface area contributed by atoms with Crippen molar-refractivity contribution in [1.82, 2.24) is 0 Å². The Bertz CT molecular complexity index is 1100. The number of hydrogen-bond acceptors (Lipinski definition) is 1. The molecule has 4 aliphatic rings. The Morgan fingerprint density at radius 3 is 1.49 bits per heavy atom. The fourth-order valence-corrected chi connectivity index (χ4v) is 4.34. The van der Waals surface area contributed by atoms with E-state index < -0.39 is 0 Å². The molecule has 1 N–H and O–H groups in total. The maximum atomic E-state index is 9.37. The summed E-state index contributed by atoms with van der Waals surface area (Å²) in [5, 5.41) is 11.4. The standard InChI is InChI=1S/C16H12.C10H8O.2C3H8.C2H6/c1-3-11-7-9-13-5-2-6-14-10-8-12(4-1)15(11)16(13)14;11-10-7-3-5-8-4-1-2-6-9(8)10;2*1-3-2;1-2/h1-10,15-16H;1-7,11H;2*3H2,1-2H3;1-2H3. The van der Waals surface area contributed by atoms with Crippen molar-refractivity contribution in [3.8, 4) is 5.75 Å². The minimum Gasteiger partial charge on any atom is -0.507 e. The topological polar surface area (TPSA) is 20.2 Å². The van der Waals surface area contributed by atoms with E-state index in [9.17, 15) is 5.11 Å². The zero-order chi connectivity index (χ0) is 25.6. The first-order valence-electron chi connectivity index (χ1n) is 13.2. The van der Waals surface area contributed by atoms with Gasteiger partial charge in [0, 0.05) is 17.2 Å². The van der Waals surface area contributed by atoms with Crippen LogP contribution in [0.3, 0.4) is 0 Å². The van der Waals surface area contributed by atoms with Crippen LogP contribution in [-0.4, -0.2) is 5.11 Å². The van der Waals surface area contributed by atoms with Crippen molar-refractivity contribution in [3.63, 3.8) is 0 Å². The van der Waals surface area contributed by atoms with Crippen molar-refractivity contribution in [2.75, 3.05) is 0 Å². The van der Waals surface area contributed by atoms with Gasteiger partial charge in [-0.3, -0.25) is 0 Å². The summed E-state index contributed by atoms with van der Waals surface area (Å²) in [6.07, 6.45) is 24.9. The van der Waals surface area contributed by atoms with Crippen LogP contribution in [0.4, 0.5) is 0 Å². The molecule has 2 unspecified atom stereocenters. The van der Waals surface area contributed by atoms with Crippen LogP contribution < -0.4 is 0 Å². The fraction of sp³-hybridized carbons (Fsp3) is 0.294. The van der Waals surface area contributed by atoms with Gasteiger partial charge in [0.1, 0.15) is 5.75 Å². The molecule has 0 saturated heterocycles. The molecular formula is C34H42O. The van der Waals surface area contributed by atoms with Gasteiger partial charge in [0.15, 0.2) is 0 Å². The molecule has 2 aromatic rings. The van der Waals surface area contributed by atoms with Crippen LogP contribution in [0.15, 0.2) is 126 Å². The fourth-order valence-electron chi connectivity index (χ4n) is 4.34. The van der Waals surface area contributed by atoms with Crippen LogP contribution in [0.25, 0.3) is 10.8 Å². The molecule has 2 atom stereocenters. The van der Waals surface area contributed by atoms with E-state index in [1.807, 2.05) is 50.2 Å². The van der Waals surface area contributed by atoms with Crippen LogP contribution in [0.2, 0.25) is 0 Å². The Balaban J connectivity index is 0.000000199. The number of phenols is 1. The summed E-state index contributed by atoms with van der Waals surface area (Å²) in [5.41, 5.74) is 5.82. The largest absolute Gasteiger partial charge is 0.507 e. The second-order valence-electron chi connectivity index (χ2n) is 8.59. The van der Waals surface area contributed by atoms with Crippen molar-refractivity contribution in [2.45, 2.75) is 54.4 Å². The van der Waals surface area contributed by atoms with Gasteiger partial charge < -0.3 is 5.11 Å². The lowest BCUT2D eigenvalue weighted by Gasteiger charge is -2.39. The summed E-state index contributed by atoms with van der Waals surface area (Å²) in [5.74, 6) is 1.47. The molecular weight excluding hydrogens is 424 g/mol. The third-order valence-electron chi connectivity index (χ3n) is 5.63. The van der Waals surface area contributed by atoms with Gasteiger partial charge in [-0.05, 0) is 33.7 Å². The summed E-state index contributed by atoms with van der Waals surface area (Å²) < 4.78 is 0. The van der Waals surface area contributed by atoms with Gasteiger partial charge in [-0.1, -0.05) is 152 Å². The van der Waals surface area contributed by atoms with Crippen molar-refractivity contribution < 1.29 is 5.11 Å². The summed E-state index contributed by atoms with van der Waals surface area (Å²) in [7, 11) is 0. The Morgan fingerprint density at radius 1 is 0.571 bits per heavy atom. The normalized spacial score (nSPS) is 19.3. The molecule has 0 bridgehead atoms. The van der Waals surface area contributed by atoms with Gasteiger partial charge >= 0.3 is 0 Å². The van der Waals surface area contributed by atoms with Crippen LogP contribution in [0.5, 0.6) is 5.75 Å². The monoisotopic (exact) mass is 466 g/mol. The lowest BCUT2D eigenvalue weighted by atomic mass is 9.65. The van der Waals surface area contributed by atoms with Gasteiger partial charge in [0.2, 0.25) is 0 Å². The predicted molar refractivity (Wildman–Crippen MR) is 156 cm³/mol. The molecule has 0 fully saturated rings. The molecule has 0 amide bonds. The maximum Gasteiger partial charge on any atom is 0.123 e. The minimum absolute atomic E-state index is 0.350. The van der Waals surface area contributed by atoms with Gasteiger partial charge in [0.25, 0.3) is 0 Å². The molecule has 2 aromatic carbocycles. The first-order chi connectivity index (χ1) is 17.1. The second-order valence-corrected chi connectivity index (χ2v) is 8.59. The Labute approximate surface area is 213 Å². The summed E-state index contributed by atoms with van der Waals surface area (Å²) in [6.45, 7) is 12.5. The second kappa shape index (κ2) is 14.8. The number of fused-ring (bicyclic) bond motifs is 1. The summed E-state index contributed by atoms with van der Waals surface area (Å²) >= 11 is 0. The Morgan fingerprint density at radius 2 is 1.00 bits per heavy atom. The van der Waals surface area contributed by atoms with Gasteiger partial charge in [0.05, 0.1) is 0 Å². The number of hydrogen-bond donors (Lipinski definition) is 1. The third kappa shape index (κ3) is 7.09. The average Bonchev–Trinajstić information content (AvgIpc) is 2.90. The number of phenolic OH excluding ortho intramolecular Hbond substituents is 1. The average molecular weight is 467 g/mol. The van der Waals surface area contributed by atoms with Gasteiger partial charge in [-0.25, -0.2) is 0 Å². The Kier molecular flexibility index (Phi) is 11.8. The lowest BCUT2D eigenvalue weighted by Crippen LogP contribution is -2.28. The molecule has 0 spiro atoms. The predicted octanol–water partition coefficient (Wildman–Crippen LogP) is 10.1. The van der Waals surface area contributed by atoms with Crippen molar-refractivity contribution in [3.05, 3.63) is 126 Å². The van der Waals surface area contributed by atoms with Crippen LogP contribution in [-0.2, 0) is 0 Å². The molecule has 0 aliphatic heterocycles. The lowest BCUT2D eigenvalue weighted by molar-refractivity contribution is 0.481. The number of allylic oxidation sites excluding steroid dienone is 14. The van der Waals surface area contributed by atoms with Crippen LogP contribution in [0, 0.1) is 11.8 Å². The zero-order valence-electron chi connectivity index (χ0n) is 22.3. The van der Waals surface area contributed by atoms with Crippen molar-refractivity contribution in [1.29, 1.82) is 0 Å². The molecule has 0 aromatic heterocycles. The van der Waals surface area contributed by atoms with E-state index in [0.717, 1.165) is 10.8 Å². The molecule has 1 nitrogen and oxygen atoms in total. The summed E-state index contributed by atoms with van der Waals surface area (Å²) in [6, 6.07) is 13.3. The minimum atomic E-state index is 0.350. The third-order valence-corrected chi connectivity index (χ3v) is 5.63. The summed E-state index contributed by atoms with van der Waals surface area (Å²) in [4.78, 5) is 0. The van der Waals surface area contributed by atoms with Crippen LogP contribution in [0.1, 0.15) is 54.4 Å². The van der Waals surface area contributed by atoms with E-state index >= 15 is 0 Å². The number of benzene rings is 2. The molecule has 6 rings (SSSR count). The Hall–Kier alpha value is -3.32. The van der Waals surface area contributed by atoms with Crippen molar-refractivity contribution >= 4 is 10.8 Å². The highest BCUT2D eigenvalue weighted by Gasteiger charge is 2.36. The SMILES string of the molecule is C1=CC2=CC=C3C=CC=C4C=CC(=C1)C2C43.CC.CCC.CCC.Oc1cccc2ccccc12. The molecule has 0 heterocycles. The first-order valence-corrected chi connectivity index (χ1v) is 13.2. The molecule has 35 heavy (non-hydrogen) atoms. The van der Waals surface area contributed by atoms with Gasteiger partial charge in [-0.15, -0.1) is 0 Å². The number of aromatic hydroxyl groups is 1. The van der Waals surface area contributed by atoms with E-state index in [1.165, 1.54) is 35.1 Å². The van der Waals surface area contributed by atoms with Crippen molar-refractivity contribution in [2.24, 2.45) is 11.8 Å². The van der Waals surface area contributed by atoms with E-state index in [-0.39, 0.29) is 0 Å². The molecule has 184 valence electrons. The highest BCUT2D eigenvalue weighted by molar-refractivity contribution is 5.87. The van der Waals surface area contributed by atoms with E-state index in [0.29, 0.717) is 17.6 Å². The van der Waals surface area contributed by atoms with E-state index in [1.54, 1.807) is 6.07 Å². The highest BCUT2D eigenvalue weighted by Crippen LogP contribution is 2.47. The highest BCUT2D eigenvalue weighted by atomic mass is 16.3. The molecule has 0 saturated carbocycles. The zero-order valence-corrected chi connectivity index (χ0v) is 22.3.